The lowest BCUT2D eigenvalue weighted by atomic mass is 9.97. The highest BCUT2D eigenvalue weighted by molar-refractivity contribution is 5.89. The third-order valence-corrected chi connectivity index (χ3v) is 8.06. The molecule has 0 amide bonds. The van der Waals surface area contributed by atoms with Crippen LogP contribution in [0, 0.1) is 11.6 Å². The van der Waals surface area contributed by atoms with Crippen molar-refractivity contribution < 1.29 is 98.0 Å². The summed E-state index contributed by atoms with van der Waals surface area (Å²) < 4.78 is 254. The Kier molecular flexibility index (Phi) is 15.1. The summed E-state index contributed by atoms with van der Waals surface area (Å²) in [5.74, 6) is -18.7. The third kappa shape index (κ3) is 11.5. The second-order valence-corrected chi connectivity index (χ2v) is 12.6. The lowest BCUT2D eigenvalue weighted by Gasteiger charge is -2.36. The first-order chi connectivity index (χ1) is 26.1. The van der Waals surface area contributed by atoms with Gasteiger partial charge in [-0.15, -0.1) is 0 Å². The Morgan fingerprint density at radius 3 is 1.77 bits per heavy atom. The molecule has 0 aliphatic carbocycles. The maximum Gasteiger partial charge on any atom is 0.460 e. The quantitative estimate of drug-likeness (QED) is 0.0745. The van der Waals surface area contributed by atoms with E-state index in [9.17, 15) is 70.2 Å². The van der Waals surface area contributed by atoms with Crippen molar-refractivity contribution in [1.82, 2.24) is 0 Å². The summed E-state index contributed by atoms with van der Waals surface area (Å²) >= 11 is 0. The van der Waals surface area contributed by atoms with Crippen LogP contribution in [-0.4, -0.2) is 68.4 Å². The summed E-state index contributed by atoms with van der Waals surface area (Å²) in [7, 11) is 0. The van der Waals surface area contributed by atoms with Crippen LogP contribution in [-0.2, 0) is 20.6 Å². The number of hydrogen-bond acceptors (Lipinski definition) is 4. The van der Waals surface area contributed by atoms with Gasteiger partial charge in [-0.1, -0.05) is 69.4 Å². The van der Waals surface area contributed by atoms with E-state index in [4.69, 9.17) is 4.74 Å². The molecule has 3 rings (SSSR count). The second-order valence-electron chi connectivity index (χ2n) is 12.6. The molecule has 57 heavy (non-hydrogen) atoms. The Labute approximate surface area is 312 Å². The smallest absolute Gasteiger partial charge is 0.460 e. The molecule has 0 aliphatic heterocycles. The Morgan fingerprint density at radius 2 is 1.18 bits per heavy atom. The highest BCUT2D eigenvalue weighted by Crippen LogP contribution is 2.56. The molecule has 0 aliphatic rings. The van der Waals surface area contributed by atoms with Crippen LogP contribution in [0.2, 0.25) is 0 Å². The summed E-state index contributed by atoms with van der Waals surface area (Å²) in [4.78, 5) is 0. The zero-order valence-electron chi connectivity index (χ0n) is 29.2. The number of benzene rings is 3. The summed E-state index contributed by atoms with van der Waals surface area (Å²) in [6.45, 7) is -3.14. The molecule has 0 radical (unpaired) electrons. The van der Waals surface area contributed by atoms with Gasteiger partial charge in [-0.2, -0.15) is 65.9 Å². The lowest BCUT2D eigenvalue weighted by molar-refractivity contribution is -0.543. The minimum atomic E-state index is -8.00. The molecule has 322 valence electrons. The number of halogens is 18. The summed E-state index contributed by atoms with van der Waals surface area (Å²) in [5, 5.41) is -0.145. The van der Waals surface area contributed by atoms with E-state index < -0.39 is 80.1 Å². The van der Waals surface area contributed by atoms with Crippen LogP contribution in [0.25, 0.3) is 21.9 Å². The third-order valence-electron chi connectivity index (χ3n) is 8.06. The van der Waals surface area contributed by atoms with E-state index in [1.165, 1.54) is 29.4 Å². The van der Waals surface area contributed by atoms with Crippen molar-refractivity contribution >= 4 is 10.8 Å². The number of aryl methyl sites for hydroxylation is 1. The summed E-state index contributed by atoms with van der Waals surface area (Å²) in [6.07, 6.45) is -30.8. The number of unbranched alkanes of at least 4 members (excludes halogenated alkanes) is 5. The molecule has 0 spiro atoms. The molecule has 0 fully saturated rings. The van der Waals surface area contributed by atoms with E-state index in [2.05, 4.69) is 16.4 Å². The fourth-order valence-electron chi connectivity index (χ4n) is 5.03. The van der Waals surface area contributed by atoms with Crippen LogP contribution >= 0.6 is 0 Å². The van der Waals surface area contributed by atoms with Gasteiger partial charge in [0.15, 0.2) is 17.8 Å². The molecule has 0 N–H and O–H groups in total. The van der Waals surface area contributed by atoms with Crippen molar-refractivity contribution in [3.63, 3.8) is 0 Å². The molecule has 4 nitrogen and oxygen atoms in total. The molecule has 3 aromatic carbocycles. The van der Waals surface area contributed by atoms with Gasteiger partial charge in [-0.25, -0.2) is 22.6 Å². The molecular weight excluding hydrogens is 826 g/mol. The van der Waals surface area contributed by atoms with Gasteiger partial charge < -0.3 is 9.47 Å². The minimum absolute atomic E-state index is 0.0689. The van der Waals surface area contributed by atoms with E-state index in [0.717, 1.165) is 50.2 Å². The Balaban J connectivity index is 1.56. The molecule has 0 aromatic heterocycles. The summed E-state index contributed by atoms with van der Waals surface area (Å²) in [6, 6.07) is 11.6. The van der Waals surface area contributed by atoms with Gasteiger partial charge >= 0.3 is 42.5 Å². The van der Waals surface area contributed by atoms with Crippen molar-refractivity contribution in [2.24, 2.45) is 0 Å². The molecule has 1 atom stereocenters. The maximum atomic E-state index is 15.1. The van der Waals surface area contributed by atoms with Gasteiger partial charge in [0.1, 0.15) is 19.0 Å². The number of alkyl halides is 16. The number of fused-ring (bicyclic) bond motifs is 1. The molecule has 0 saturated heterocycles. The fraction of sp³-hybridized carbons (Fsp3) is 0.543. The topological polar surface area (TPSA) is 36.9 Å². The predicted octanol–water partition coefficient (Wildman–Crippen LogP) is 12.7. The van der Waals surface area contributed by atoms with Crippen molar-refractivity contribution in [3.8, 4) is 16.9 Å². The Morgan fingerprint density at radius 1 is 0.596 bits per heavy atom. The first kappa shape index (κ1) is 47.7. The maximum absolute atomic E-state index is 15.1. The fourth-order valence-corrected chi connectivity index (χ4v) is 5.03. The standard InChI is InChI=1S/C35H32F18O4/c1-2-3-4-5-6-7-8-20-9-11-21(12-10-20)25-15-22-13-14-24(16-26(22)28(38)27(25)37)55-18-23(36)17-54-19-29(39,40)56-34(50,51)35(52,53)57-33(48,49)31(43,44)30(41,42)32(45,46)47/h9-16,23H,2-8,17-19H2,1H3/t23-/m0/s1. The van der Waals surface area contributed by atoms with Gasteiger partial charge in [0.25, 0.3) is 0 Å². The van der Waals surface area contributed by atoms with Gasteiger partial charge in [-0.3, -0.25) is 0 Å². The number of hydrogen-bond donors (Lipinski definition) is 0. The van der Waals surface area contributed by atoms with E-state index in [-0.39, 0.29) is 22.1 Å². The Hall–Kier alpha value is -3.66. The second kappa shape index (κ2) is 18.1. The van der Waals surface area contributed by atoms with Gasteiger partial charge in [0.05, 0.1) is 6.61 Å². The van der Waals surface area contributed by atoms with Crippen molar-refractivity contribution in [2.75, 3.05) is 19.8 Å². The monoisotopic (exact) mass is 858 g/mol. The molecular formula is C35H32F18O4. The minimum Gasteiger partial charge on any atom is -0.490 e. The first-order valence-corrected chi connectivity index (χ1v) is 16.7. The zero-order valence-corrected chi connectivity index (χ0v) is 29.2. The van der Waals surface area contributed by atoms with Crippen molar-refractivity contribution in [2.45, 2.75) is 100 Å². The lowest BCUT2D eigenvalue weighted by Crippen LogP contribution is -2.64. The van der Waals surface area contributed by atoms with Crippen LogP contribution < -0.4 is 4.74 Å². The van der Waals surface area contributed by atoms with Crippen molar-refractivity contribution in [3.05, 3.63) is 65.7 Å². The van der Waals surface area contributed by atoms with Crippen molar-refractivity contribution in [1.29, 1.82) is 0 Å². The van der Waals surface area contributed by atoms with Crippen LogP contribution in [0.4, 0.5) is 79.0 Å². The van der Waals surface area contributed by atoms with Crippen LogP contribution in [0.3, 0.4) is 0 Å². The average Bonchev–Trinajstić information content (AvgIpc) is 3.09. The number of rotatable bonds is 22. The van der Waals surface area contributed by atoms with E-state index >= 15 is 8.78 Å². The normalized spacial score (nSPS) is 14.4. The number of ether oxygens (including phenoxy) is 4. The molecule has 0 unspecified atom stereocenters. The Bertz CT molecular complexity index is 1760. The van der Waals surface area contributed by atoms with Crippen LogP contribution in [0.15, 0.2) is 48.5 Å². The SMILES string of the molecule is CCCCCCCCc1ccc(-c2cc3ccc(OC[C@@H](F)COCC(F)(F)OC(F)(F)C(F)(F)OC(F)(F)C(F)(F)C(F)(F)C(F)(F)F)cc3c(F)c2F)cc1. The van der Waals surface area contributed by atoms with Crippen LogP contribution in [0.1, 0.15) is 51.0 Å². The van der Waals surface area contributed by atoms with E-state index in [1.54, 1.807) is 24.3 Å². The van der Waals surface area contributed by atoms with Crippen LogP contribution in [0.5, 0.6) is 5.75 Å². The average molecular weight is 859 g/mol. The molecule has 22 heteroatoms. The predicted molar refractivity (Wildman–Crippen MR) is 165 cm³/mol. The van der Waals surface area contributed by atoms with Gasteiger partial charge in [0.2, 0.25) is 0 Å². The molecule has 0 bridgehead atoms. The largest absolute Gasteiger partial charge is 0.490 e. The zero-order chi connectivity index (χ0) is 43.3. The van der Waals surface area contributed by atoms with E-state index in [0.29, 0.717) is 5.56 Å². The molecule has 3 aromatic rings. The first-order valence-electron chi connectivity index (χ1n) is 16.7. The van der Waals surface area contributed by atoms with Gasteiger partial charge in [-0.05, 0) is 47.6 Å². The van der Waals surface area contributed by atoms with E-state index in [1.807, 2.05) is 0 Å². The summed E-state index contributed by atoms with van der Waals surface area (Å²) in [5.41, 5.74) is 1.32. The molecule has 0 heterocycles. The highest BCUT2D eigenvalue weighted by Gasteiger charge is 2.85. The van der Waals surface area contributed by atoms with Gasteiger partial charge in [0, 0.05) is 10.9 Å². The highest BCUT2D eigenvalue weighted by atomic mass is 19.4. The molecule has 0 saturated carbocycles.